The average molecular weight is 452 g/mol. The number of rotatable bonds is 4. The molecule has 0 heterocycles. The molecule has 1 aliphatic rings. The second-order valence-electron chi connectivity index (χ2n) is 5.17. The van der Waals surface area contributed by atoms with Crippen molar-refractivity contribution >= 4 is 43.8 Å². The Kier molecular flexibility index (Phi) is 5.16. The van der Waals surface area contributed by atoms with Gasteiger partial charge in [0.2, 0.25) is 0 Å². The predicted octanol–water partition coefficient (Wildman–Crippen LogP) is 4.67. The van der Waals surface area contributed by atoms with E-state index in [1.807, 2.05) is 12.1 Å². The largest absolute Gasteiger partial charge is 0.425 e. The summed E-state index contributed by atoms with van der Waals surface area (Å²) in [7, 11) is 0. The average Bonchev–Trinajstić information content (AvgIpc) is 2.50. The van der Waals surface area contributed by atoms with Crippen LogP contribution in [-0.2, 0) is 9.59 Å². The number of para-hydroxylation sites is 2. The van der Waals surface area contributed by atoms with Crippen molar-refractivity contribution in [2.24, 2.45) is 5.92 Å². The van der Waals surface area contributed by atoms with Crippen molar-refractivity contribution in [1.29, 1.82) is 0 Å². The highest BCUT2D eigenvalue weighted by Crippen LogP contribution is 2.32. The molecule has 0 aliphatic heterocycles. The highest BCUT2D eigenvalue weighted by atomic mass is 79.9. The van der Waals surface area contributed by atoms with E-state index >= 15 is 0 Å². The van der Waals surface area contributed by atoms with Crippen LogP contribution in [0, 0.1) is 5.92 Å². The van der Waals surface area contributed by atoms with Gasteiger partial charge in [-0.1, -0.05) is 30.3 Å². The number of hydrogen-bond acceptors (Lipinski definition) is 4. The molecule has 0 bridgehead atoms. The van der Waals surface area contributed by atoms with E-state index in [0.29, 0.717) is 32.4 Å². The lowest BCUT2D eigenvalue weighted by Crippen LogP contribution is -2.29. The van der Waals surface area contributed by atoms with Crippen LogP contribution in [0.4, 0.5) is 0 Å². The summed E-state index contributed by atoms with van der Waals surface area (Å²) in [6.07, 6.45) is 1.89. The molecule has 0 spiro atoms. The second kappa shape index (κ2) is 7.32. The van der Waals surface area contributed by atoms with Crippen molar-refractivity contribution in [2.75, 3.05) is 0 Å². The van der Waals surface area contributed by atoms with Gasteiger partial charge in [0, 0.05) is 5.57 Å². The third-order valence-electron chi connectivity index (χ3n) is 3.49. The molecule has 24 heavy (non-hydrogen) atoms. The van der Waals surface area contributed by atoms with Gasteiger partial charge in [-0.2, -0.15) is 0 Å². The standard InChI is InChI=1S/C18H12Br2O4/c19-13-5-1-3-7-15(13)23-17(21)11-9-12(10-11)18(22)24-16-8-4-2-6-14(16)20/h1-9,11H,10H2. The molecule has 6 heteroatoms. The molecule has 4 nitrogen and oxygen atoms in total. The first-order valence-electron chi connectivity index (χ1n) is 7.18. The molecule has 0 radical (unpaired) electrons. The topological polar surface area (TPSA) is 52.6 Å². The van der Waals surface area contributed by atoms with Gasteiger partial charge >= 0.3 is 11.9 Å². The Morgan fingerprint density at radius 3 is 1.92 bits per heavy atom. The summed E-state index contributed by atoms with van der Waals surface area (Å²) in [5, 5.41) is 0. The normalized spacial score (nSPS) is 15.9. The molecule has 0 fully saturated rings. The highest BCUT2D eigenvalue weighted by Gasteiger charge is 2.32. The first kappa shape index (κ1) is 16.9. The van der Waals surface area contributed by atoms with E-state index in [1.54, 1.807) is 42.5 Å². The number of carbonyl (C=O) groups is 2. The van der Waals surface area contributed by atoms with Crippen molar-refractivity contribution in [2.45, 2.75) is 6.42 Å². The van der Waals surface area contributed by atoms with Crippen LogP contribution in [0.1, 0.15) is 6.42 Å². The maximum atomic E-state index is 12.1. The number of hydrogen-bond donors (Lipinski definition) is 0. The van der Waals surface area contributed by atoms with E-state index in [2.05, 4.69) is 31.9 Å². The van der Waals surface area contributed by atoms with Gasteiger partial charge in [0.05, 0.1) is 14.9 Å². The maximum absolute atomic E-state index is 12.1. The fraction of sp³-hybridized carbons (Fsp3) is 0.111. The lowest BCUT2D eigenvalue weighted by Gasteiger charge is -2.22. The van der Waals surface area contributed by atoms with E-state index in [-0.39, 0.29) is 5.97 Å². The molecule has 1 atom stereocenters. The van der Waals surface area contributed by atoms with Crippen LogP contribution in [0.2, 0.25) is 0 Å². The van der Waals surface area contributed by atoms with Gasteiger partial charge in [-0.05, 0) is 62.5 Å². The van der Waals surface area contributed by atoms with Crippen LogP contribution >= 0.6 is 31.9 Å². The Morgan fingerprint density at radius 2 is 1.38 bits per heavy atom. The minimum Gasteiger partial charge on any atom is -0.425 e. The molecule has 2 aromatic rings. The molecule has 122 valence electrons. The monoisotopic (exact) mass is 450 g/mol. The third kappa shape index (κ3) is 3.76. The van der Waals surface area contributed by atoms with Gasteiger partial charge in [-0.15, -0.1) is 0 Å². The minimum absolute atomic E-state index is 0.312. The third-order valence-corrected chi connectivity index (χ3v) is 4.80. The molecule has 1 aliphatic carbocycles. The summed E-state index contributed by atoms with van der Waals surface area (Å²) in [5.41, 5.74) is 0.472. The van der Waals surface area contributed by atoms with Gasteiger partial charge in [0.1, 0.15) is 11.5 Å². The Labute approximate surface area is 155 Å². The van der Waals surface area contributed by atoms with E-state index in [4.69, 9.17) is 9.47 Å². The highest BCUT2D eigenvalue weighted by molar-refractivity contribution is 9.10. The number of ether oxygens (including phenoxy) is 2. The number of esters is 2. The van der Waals surface area contributed by atoms with Crippen LogP contribution in [0.15, 0.2) is 69.1 Å². The van der Waals surface area contributed by atoms with Gasteiger partial charge in [0.25, 0.3) is 0 Å². The Morgan fingerprint density at radius 1 is 0.875 bits per heavy atom. The van der Waals surface area contributed by atoms with Gasteiger partial charge in [-0.25, -0.2) is 4.79 Å². The Bertz CT molecular complexity index is 829. The van der Waals surface area contributed by atoms with Crippen molar-refractivity contribution in [3.05, 3.63) is 69.1 Å². The SMILES string of the molecule is O=C(Oc1ccccc1Br)C1=CC(C(=O)Oc2ccccc2Br)C1. The zero-order valence-electron chi connectivity index (χ0n) is 12.4. The summed E-state index contributed by atoms with van der Waals surface area (Å²) < 4.78 is 12.0. The molecular weight excluding hydrogens is 440 g/mol. The molecular formula is C18H12Br2O4. The molecule has 0 saturated carbocycles. The van der Waals surface area contributed by atoms with Crippen LogP contribution in [0.5, 0.6) is 11.5 Å². The fourth-order valence-electron chi connectivity index (χ4n) is 2.15. The van der Waals surface area contributed by atoms with Crippen LogP contribution in [-0.4, -0.2) is 11.9 Å². The quantitative estimate of drug-likeness (QED) is 0.500. The Balaban J connectivity index is 1.60. The number of halogens is 2. The number of benzene rings is 2. The summed E-state index contributed by atoms with van der Waals surface area (Å²) >= 11 is 6.64. The lowest BCUT2D eigenvalue weighted by molar-refractivity contribution is -0.138. The van der Waals surface area contributed by atoms with Crippen molar-refractivity contribution in [1.82, 2.24) is 0 Å². The second-order valence-corrected chi connectivity index (χ2v) is 6.88. The fourth-order valence-corrected chi connectivity index (χ4v) is 2.88. The number of carbonyl (C=O) groups excluding carboxylic acids is 2. The summed E-state index contributed by atoms with van der Waals surface area (Å²) in [6.45, 7) is 0. The molecule has 3 rings (SSSR count). The molecule has 1 unspecified atom stereocenters. The van der Waals surface area contributed by atoms with E-state index < -0.39 is 11.9 Å². The van der Waals surface area contributed by atoms with E-state index in [1.165, 1.54) is 0 Å². The van der Waals surface area contributed by atoms with E-state index in [0.717, 1.165) is 0 Å². The molecule has 0 aromatic heterocycles. The molecule has 2 aromatic carbocycles. The first-order chi connectivity index (χ1) is 11.5. The zero-order chi connectivity index (χ0) is 17.1. The van der Waals surface area contributed by atoms with Gasteiger partial charge in [0.15, 0.2) is 0 Å². The zero-order valence-corrected chi connectivity index (χ0v) is 15.5. The molecule has 0 saturated heterocycles. The smallest absolute Gasteiger partial charge is 0.339 e. The van der Waals surface area contributed by atoms with Gasteiger partial charge in [-0.3, -0.25) is 4.79 Å². The Hall–Kier alpha value is -1.92. The lowest BCUT2D eigenvalue weighted by atomic mass is 9.86. The minimum atomic E-state index is -0.452. The van der Waals surface area contributed by atoms with Crippen LogP contribution in [0.3, 0.4) is 0 Å². The summed E-state index contributed by atoms with van der Waals surface area (Å²) in [5.74, 6) is -0.368. The van der Waals surface area contributed by atoms with Gasteiger partial charge < -0.3 is 9.47 Å². The van der Waals surface area contributed by atoms with Crippen LogP contribution < -0.4 is 9.47 Å². The van der Waals surface area contributed by atoms with E-state index in [9.17, 15) is 9.59 Å². The van der Waals surface area contributed by atoms with Crippen molar-refractivity contribution in [3.8, 4) is 11.5 Å². The summed E-state index contributed by atoms with van der Waals surface area (Å²) in [6, 6.07) is 14.2. The molecule has 0 N–H and O–H groups in total. The van der Waals surface area contributed by atoms with Crippen molar-refractivity contribution in [3.63, 3.8) is 0 Å². The summed E-state index contributed by atoms with van der Waals surface area (Å²) in [4.78, 5) is 24.1. The first-order valence-corrected chi connectivity index (χ1v) is 8.77. The van der Waals surface area contributed by atoms with Crippen LogP contribution in [0.25, 0.3) is 0 Å². The molecule has 0 amide bonds. The van der Waals surface area contributed by atoms with Crippen molar-refractivity contribution < 1.29 is 19.1 Å². The maximum Gasteiger partial charge on any atom is 0.339 e. The predicted molar refractivity (Wildman–Crippen MR) is 95.7 cm³/mol.